The SMILES string of the molecule is O=CC1CCCN(CCOc2ccc(Cl)cc2Cl)C1. The highest BCUT2D eigenvalue weighted by molar-refractivity contribution is 6.35. The molecular formula is C14H17Cl2NO2. The molecule has 0 amide bonds. The minimum Gasteiger partial charge on any atom is -0.491 e. The molecule has 1 saturated heterocycles. The summed E-state index contributed by atoms with van der Waals surface area (Å²) in [5.74, 6) is 0.822. The van der Waals surface area contributed by atoms with E-state index in [2.05, 4.69) is 4.90 Å². The Morgan fingerprint density at radius 3 is 3.00 bits per heavy atom. The summed E-state index contributed by atoms with van der Waals surface area (Å²) in [6, 6.07) is 5.20. The molecule has 0 aromatic heterocycles. The number of ether oxygens (including phenoxy) is 1. The van der Waals surface area contributed by atoms with Gasteiger partial charge in [-0.2, -0.15) is 0 Å². The van der Waals surface area contributed by atoms with E-state index in [0.29, 0.717) is 22.4 Å². The van der Waals surface area contributed by atoms with E-state index >= 15 is 0 Å². The van der Waals surface area contributed by atoms with Crippen molar-refractivity contribution in [2.24, 2.45) is 5.92 Å². The van der Waals surface area contributed by atoms with Crippen molar-refractivity contribution < 1.29 is 9.53 Å². The second-order valence-electron chi connectivity index (χ2n) is 4.76. The van der Waals surface area contributed by atoms with Crippen molar-refractivity contribution >= 4 is 29.5 Å². The van der Waals surface area contributed by atoms with Gasteiger partial charge in [0.25, 0.3) is 0 Å². The lowest BCUT2D eigenvalue weighted by atomic mass is 10.00. The summed E-state index contributed by atoms with van der Waals surface area (Å²) in [6.45, 7) is 3.24. The van der Waals surface area contributed by atoms with Gasteiger partial charge in [-0.15, -0.1) is 0 Å². The summed E-state index contributed by atoms with van der Waals surface area (Å²) in [4.78, 5) is 13.0. The minimum atomic E-state index is 0.174. The standard InChI is InChI=1S/C14H17Cl2NO2/c15-12-3-4-14(13(16)8-12)19-7-6-17-5-1-2-11(9-17)10-18/h3-4,8,10-11H,1-2,5-7,9H2. The molecule has 0 aliphatic carbocycles. The zero-order chi connectivity index (χ0) is 13.7. The molecule has 1 unspecified atom stereocenters. The molecule has 0 saturated carbocycles. The lowest BCUT2D eigenvalue weighted by molar-refractivity contribution is -0.112. The van der Waals surface area contributed by atoms with E-state index in [1.807, 2.05) is 0 Å². The van der Waals surface area contributed by atoms with E-state index in [-0.39, 0.29) is 5.92 Å². The lowest BCUT2D eigenvalue weighted by Crippen LogP contribution is -2.38. The van der Waals surface area contributed by atoms with Crippen molar-refractivity contribution in [1.29, 1.82) is 0 Å². The Morgan fingerprint density at radius 1 is 1.42 bits per heavy atom. The molecule has 0 spiro atoms. The molecule has 1 aliphatic heterocycles. The second-order valence-corrected chi connectivity index (χ2v) is 5.61. The molecule has 1 aliphatic rings. The van der Waals surface area contributed by atoms with Gasteiger partial charge in [0.15, 0.2) is 0 Å². The predicted molar refractivity (Wildman–Crippen MR) is 77.2 cm³/mol. The van der Waals surface area contributed by atoms with Gasteiger partial charge in [0.05, 0.1) is 5.02 Å². The van der Waals surface area contributed by atoms with Crippen molar-refractivity contribution in [2.45, 2.75) is 12.8 Å². The van der Waals surface area contributed by atoms with Crippen LogP contribution in [0.4, 0.5) is 0 Å². The molecule has 1 atom stereocenters. The molecule has 2 rings (SSSR count). The van der Waals surface area contributed by atoms with Gasteiger partial charge in [-0.1, -0.05) is 23.2 Å². The third kappa shape index (κ3) is 4.37. The number of carbonyl (C=O) groups excluding carboxylic acids is 1. The highest BCUT2D eigenvalue weighted by atomic mass is 35.5. The summed E-state index contributed by atoms with van der Waals surface area (Å²) in [6.07, 6.45) is 3.14. The van der Waals surface area contributed by atoms with Crippen LogP contribution in [-0.2, 0) is 4.79 Å². The Balaban J connectivity index is 1.78. The van der Waals surface area contributed by atoms with Gasteiger partial charge in [-0.25, -0.2) is 0 Å². The molecule has 0 radical (unpaired) electrons. The Bertz CT molecular complexity index is 439. The fourth-order valence-electron chi connectivity index (χ4n) is 2.28. The normalized spacial score (nSPS) is 20.2. The maximum atomic E-state index is 10.8. The maximum absolute atomic E-state index is 10.8. The molecule has 1 aromatic carbocycles. The van der Waals surface area contributed by atoms with Crippen LogP contribution in [0, 0.1) is 5.92 Å². The Hall–Kier alpha value is -0.770. The zero-order valence-corrected chi connectivity index (χ0v) is 12.2. The largest absolute Gasteiger partial charge is 0.491 e. The third-order valence-electron chi connectivity index (χ3n) is 3.29. The Labute approximate surface area is 123 Å². The van der Waals surface area contributed by atoms with E-state index in [0.717, 1.165) is 38.8 Å². The predicted octanol–water partition coefficient (Wildman–Crippen LogP) is 3.28. The number of hydrogen-bond donors (Lipinski definition) is 0. The quantitative estimate of drug-likeness (QED) is 0.782. The summed E-state index contributed by atoms with van der Waals surface area (Å²) < 4.78 is 5.64. The molecular weight excluding hydrogens is 285 g/mol. The Morgan fingerprint density at radius 2 is 2.26 bits per heavy atom. The molecule has 0 bridgehead atoms. The summed E-state index contributed by atoms with van der Waals surface area (Å²) in [5, 5.41) is 1.12. The fraction of sp³-hybridized carbons (Fsp3) is 0.500. The van der Waals surface area contributed by atoms with Gasteiger partial charge in [0.1, 0.15) is 18.6 Å². The van der Waals surface area contributed by atoms with E-state index in [1.54, 1.807) is 18.2 Å². The van der Waals surface area contributed by atoms with Crippen LogP contribution in [-0.4, -0.2) is 37.4 Å². The van der Waals surface area contributed by atoms with Crippen LogP contribution >= 0.6 is 23.2 Å². The van der Waals surface area contributed by atoms with Crippen molar-refractivity contribution in [1.82, 2.24) is 4.90 Å². The highest BCUT2D eigenvalue weighted by Gasteiger charge is 2.18. The van der Waals surface area contributed by atoms with Crippen LogP contribution in [0.3, 0.4) is 0 Å². The molecule has 3 nitrogen and oxygen atoms in total. The third-order valence-corrected chi connectivity index (χ3v) is 3.82. The first-order chi connectivity index (χ1) is 9.19. The zero-order valence-electron chi connectivity index (χ0n) is 10.6. The van der Waals surface area contributed by atoms with E-state index in [1.165, 1.54) is 0 Å². The number of carbonyl (C=O) groups is 1. The molecule has 0 N–H and O–H groups in total. The maximum Gasteiger partial charge on any atom is 0.138 e. The van der Waals surface area contributed by atoms with E-state index in [9.17, 15) is 4.79 Å². The molecule has 19 heavy (non-hydrogen) atoms. The number of nitrogens with zero attached hydrogens (tertiary/aromatic N) is 1. The number of likely N-dealkylation sites (tertiary alicyclic amines) is 1. The van der Waals surface area contributed by atoms with Gasteiger partial charge in [0, 0.05) is 24.0 Å². The molecule has 1 aromatic rings. The van der Waals surface area contributed by atoms with Gasteiger partial charge >= 0.3 is 0 Å². The van der Waals surface area contributed by atoms with Crippen molar-refractivity contribution in [2.75, 3.05) is 26.2 Å². The van der Waals surface area contributed by atoms with E-state index < -0.39 is 0 Å². The lowest BCUT2D eigenvalue weighted by Gasteiger charge is -2.29. The minimum absolute atomic E-state index is 0.174. The number of halogens is 2. The van der Waals surface area contributed by atoms with Crippen LogP contribution in [0.25, 0.3) is 0 Å². The van der Waals surface area contributed by atoms with Crippen molar-refractivity contribution in [3.63, 3.8) is 0 Å². The molecule has 1 heterocycles. The van der Waals surface area contributed by atoms with Crippen LogP contribution in [0.1, 0.15) is 12.8 Å². The number of benzene rings is 1. The highest BCUT2D eigenvalue weighted by Crippen LogP contribution is 2.27. The average Bonchev–Trinajstić information content (AvgIpc) is 2.41. The molecule has 104 valence electrons. The summed E-state index contributed by atoms with van der Waals surface area (Å²) in [5.41, 5.74) is 0. The average molecular weight is 302 g/mol. The van der Waals surface area contributed by atoms with Gasteiger partial charge < -0.3 is 9.53 Å². The Kier molecular flexibility index (Phi) is 5.49. The van der Waals surface area contributed by atoms with Crippen LogP contribution in [0.5, 0.6) is 5.75 Å². The number of hydrogen-bond acceptors (Lipinski definition) is 3. The van der Waals surface area contributed by atoms with Gasteiger partial charge in [-0.3, -0.25) is 4.90 Å². The molecule has 1 fully saturated rings. The number of aldehydes is 1. The van der Waals surface area contributed by atoms with Gasteiger partial charge in [0.2, 0.25) is 0 Å². The van der Waals surface area contributed by atoms with Crippen LogP contribution in [0.15, 0.2) is 18.2 Å². The first kappa shape index (κ1) is 14.6. The number of piperidine rings is 1. The van der Waals surface area contributed by atoms with Crippen molar-refractivity contribution in [3.8, 4) is 5.75 Å². The van der Waals surface area contributed by atoms with Crippen LogP contribution in [0.2, 0.25) is 10.0 Å². The summed E-state index contributed by atoms with van der Waals surface area (Å²) >= 11 is 11.9. The number of rotatable bonds is 5. The molecule has 5 heteroatoms. The fourth-order valence-corrected chi connectivity index (χ4v) is 2.75. The first-order valence-corrected chi connectivity index (χ1v) is 7.20. The second kappa shape index (κ2) is 7.13. The van der Waals surface area contributed by atoms with Crippen LogP contribution < -0.4 is 4.74 Å². The van der Waals surface area contributed by atoms with Crippen molar-refractivity contribution in [3.05, 3.63) is 28.2 Å². The first-order valence-electron chi connectivity index (χ1n) is 6.44. The monoisotopic (exact) mass is 301 g/mol. The summed E-state index contributed by atoms with van der Waals surface area (Å²) in [7, 11) is 0. The smallest absolute Gasteiger partial charge is 0.138 e. The van der Waals surface area contributed by atoms with Gasteiger partial charge in [-0.05, 0) is 37.6 Å². The van der Waals surface area contributed by atoms with E-state index in [4.69, 9.17) is 27.9 Å². The topological polar surface area (TPSA) is 29.5 Å².